The number of carbonyl (C=O) groups is 2. The van der Waals surface area contributed by atoms with Gasteiger partial charge >= 0.3 is 23.8 Å². The Bertz CT molecular complexity index is 1060. The fourth-order valence-electron chi connectivity index (χ4n) is 3.21. The van der Waals surface area contributed by atoms with Gasteiger partial charge in [-0.3, -0.25) is 9.59 Å². The third-order valence-corrected chi connectivity index (χ3v) is 4.89. The van der Waals surface area contributed by atoms with Crippen molar-refractivity contribution in [2.45, 2.75) is 12.8 Å². The molecule has 11 heteroatoms. The zero-order valence-electron chi connectivity index (χ0n) is 16.3. The highest BCUT2D eigenvalue weighted by Crippen LogP contribution is 2.23. The molecule has 0 aliphatic carbocycles. The number of benzene rings is 1. The maximum Gasteiger partial charge on any atom is 0.320 e. The van der Waals surface area contributed by atoms with Crippen molar-refractivity contribution in [1.29, 1.82) is 0 Å². The molecule has 1 aliphatic rings. The molecule has 3 heterocycles. The Morgan fingerprint density at radius 1 is 1.06 bits per heavy atom. The number of amides is 1. The molecule has 2 aromatic heterocycles. The Morgan fingerprint density at radius 2 is 1.77 bits per heavy atom. The number of nitrogens with zero attached hydrogens (tertiary/aromatic N) is 4. The number of aliphatic carboxylic acids is 1. The van der Waals surface area contributed by atoms with E-state index >= 15 is 0 Å². The monoisotopic (exact) mass is 426 g/mol. The van der Waals surface area contributed by atoms with Gasteiger partial charge in [-0.2, -0.15) is 0 Å². The zero-order chi connectivity index (χ0) is 21.8. The summed E-state index contributed by atoms with van der Waals surface area (Å²) in [5.41, 5.74) is 0.976. The van der Waals surface area contributed by atoms with Crippen LogP contribution in [0.4, 0.5) is 27.6 Å². The fraction of sp³-hybridized carbons (Fsp3) is 0.250. The Morgan fingerprint density at radius 3 is 2.42 bits per heavy atom. The number of piperidine rings is 1. The van der Waals surface area contributed by atoms with Crippen molar-refractivity contribution in [3.05, 3.63) is 54.3 Å². The lowest BCUT2D eigenvalue weighted by Crippen LogP contribution is -2.36. The molecular formula is C20H19FN6O4. The van der Waals surface area contributed by atoms with Gasteiger partial charge in [0.2, 0.25) is 0 Å². The molecule has 31 heavy (non-hydrogen) atoms. The Balaban J connectivity index is 1.33. The summed E-state index contributed by atoms with van der Waals surface area (Å²) in [5.74, 6) is -1.58. The standard InChI is InChI=1S/C20H19FN6O4/c21-13-1-3-14(4-2-13)24-20-26-25-18(31-20)17(28)23-15-5-6-16(22-11-15)27-9-7-12(8-10-27)19(29)30/h1-6,11-12H,7-10H2,(H,23,28)(H,24,26)(H,29,30). The minimum atomic E-state index is -0.761. The predicted molar refractivity (Wildman–Crippen MR) is 109 cm³/mol. The van der Waals surface area contributed by atoms with Crippen molar-refractivity contribution in [2.24, 2.45) is 5.92 Å². The van der Waals surface area contributed by atoms with E-state index in [9.17, 15) is 14.0 Å². The predicted octanol–water partition coefficient (Wildman–Crippen LogP) is 2.90. The lowest BCUT2D eigenvalue weighted by atomic mass is 9.97. The Kier molecular flexibility index (Phi) is 5.74. The van der Waals surface area contributed by atoms with E-state index in [-0.39, 0.29) is 23.6 Å². The normalized spacial score (nSPS) is 14.3. The lowest BCUT2D eigenvalue weighted by Gasteiger charge is -2.31. The second-order valence-electron chi connectivity index (χ2n) is 7.00. The number of pyridine rings is 1. The van der Waals surface area contributed by atoms with E-state index in [4.69, 9.17) is 9.52 Å². The highest BCUT2D eigenvalue weighted by molar-refractivity contribution is 6.00. The van der Waals surface area contributed by atoms with Crippen molar-refractivity contribution in [3.8, 4) is 0 Å². The fourth-order valence-corrected chi connectivity index (χ4v) is 3.21. The van der Waals surface area contributed by atoms with Gasteiger partial charge in [-0.05, 0) is 49.2 Å². The van der Waals surface area contributed by atoms with Crippen molar-refractivity contribution < 1.29 is 23.5 Å². The van der Waals surface area contributed by atoms with E-state index in [1.54, 1.807) is 12.1 Å². The molecule has 0 radical (unpaired) electrons. The molecule has 1 aromatic carbocycles. The summed E-state index contributed by atoms with van der Waals surface area (Å²) in [6.45, 7) is 1.23. The number of carboxylic acids is 1. The minimum absolute atomic E-state index is 0.00463. The van der Waals surface area contributed by atoms with Crippen molar-refractivity contribution in [1.82, 2.24) is 15.2 Å². The molecule has 10 nitrogen and oxygen atoms in total. The Labute approximate surface area is 176 Å². The number of rotatable bonds is 6. The maximum absolute atomic E-state index is 13.0. The van der Waals surface area contributed by atoms with Gasteiger partial charge in [0.15, 0.2) is 0 Å². The number of nitrogens with one attached hydrogen (secondary N) is 2. The summed E-state index contributed by atoms with van der Waals surface area (Å²) in [6.07, 6.45) is 2.65. The average molecular weight is 426 g/mol. The molecule has 0 saturated carbocycles. The van der Waals surface area contributed by atoms with Gasteiger partial charge in [-0.1, -0.05) is 5.10 Å². The van der Waals surface area contributed by atoms with Gasteiger partial charge in [0.05, 0.1) is 17.8 Å². The van der Waals surface area contributed by atoms with Crippen molar-refractivity contribution >= 4 is 35.1 Å². The van der Waals surface area contributed by atoms with Crippen LogP contribution in [-0.4, -0.2) is 45.3 Å². The average Bonchev–Trinajstić information content (AvgIpc) is 3.25. The quantitative estimate of drug-likeness (QED) is 0.544. The summed E-state index contributed by atoms with van der Waals surface area (Å²) >= 11 is 0. The van der Waals surface area contributed by atoms with Gasteiger partial charge in [0.1, 0.15) is 11.6 Å². The van der Waals surface area contributed by atoms with Crippen LogP contribution in [-0.2, 0) is 4.79 Å². The first-order valence-electron chi connectivity index (χ1n) is 9.59. The molecule has 1 fully saturated rings. The first kappa shape index (κ1) is 20.3. The number of carboxylic acid groups (broad SMARTS) is 1. The first-order valence-corrected chi connectivity index (χ1v) is 9.59. The smallest absolute Gasteiger partial charge is 0.320 e. The van der Waals surface area contributed by atoms with Gasteiger partial charge < -0.3 is 25.1 Å². The molecular weight excluding hydrogens is 407 g/mol. The lowest BCUT2D eigenvalue weighted by molar-refractivity contribution is -0.142. The first-order chi connectivity index (χ1) is 15.0. The van der Waals surface area contributed by atoms with E-state index in [0.717, 1.165) is 0 Å². The summed E-state index contributed by atoms with van der Waals surface area (Å²) in [4.78, 5) is 29.7. The summed E-state index contributed by atoms with van der Waals surface area (Å²) in [6, 6.07) is 8.99. The maximum atomic E-state index is 13.0. The topological polar surface area (TPSA) is 133 Å². The highest BCUT2D eigenvalue weighted by atomic mass is 19.1. The number of halogens is 1. The Hall–Kier alpha value is -4.02. The second-order valence-corrected chi connectivity index (χ2v) is 7.00. The largest absolute Gasteiger partial charge is 0.481 e. The van der Waals surface area contributed by atoms with Crippen LogP contribution in [0.3, 0.4) is 0 Å². The molecule has 3 aromatic rings. The number of anilines is 4. The number of hydrogen-bond acceptors (Lipinski definition) is 8. The van der Waals surface area contributed by atoms with Crippen LogP contribution in [0.15, 0.2) is 47.0 Å². The second kappa shape index (κ2) is 8.78. The molecule has 0 spiro atoms. The molecule has 160 valence electrons. The molecule has 0 bridgehead atoms. The van der Waals surface area contributed by atoms with Gasteiger partial charge in [0.25, 0.3) is 0 Å². The van der Waals surface area contributed by atoms with E-state index in [1.165, 1.54) is 30.5 Å². The van der Waals surface area contributed by atoms with E-state index in [1.807, 2.05) is 4.90 Å². The summed E-state index contributed by atoms with van der Waals surface area (Å²) in [7, 11) is 0. The van der Waals surface area contributed by atoms with E-state index in [2.05, 4.69) is 25.8 Å². The molecule has 0 atom stereocenters. The van der Waals surface area contributed by atoms with Crippen molar-refractivity contribution in [3.63, 3.8) is 0 Å². The third-order valence-electron chi connectivity index (χ3n) is 4.89. The van der Waals surface area contributed by atoms with Crippen LogP contribution in [0, 0.1) is 11.7 Å². The number of aromatic nitrogens is 3. The molecule has 1 aliphatic heterocycles. The van der Waals surface area contributed by atoms with Crippen LogP contribution < -0.4 is 15.5 Å². The number of carbonyl (C=O) groups excluding carboxylic acids is 1. The van der Waals surface area contributed by atoms with Crippen molar-refractivity contribution in [2.75, 3.05) is 28.6 Å². The van der Waals surface area contributed by atoms with Gasteiger partial charge in [-0.15, -0.1) is 5.10 Å². The highest BCUT2D eigenvalue weighted by Gasteiger charge is 2.25. The summed E-state index contributed by atoms with van der Waals surface area (Å²) in [5, 5.41) is 21.9. The van der Waals surface area contributed by atoms with Crippen LogP contribution in [0.2, 0.25) is 0 Å². The molecule has 1 amide bonds. The zero-order valence-corrected chi connectivity index (χ0v) is 16.3. The molecule has 4 rings (SSSR count). The van der Waals surface area contributed by atoms with Crippen LogP contribution in [0.1, 0.15) is 23.5 Å². The molecule has 0 unspecified atom stereocenters. The van der Waals surface area contributed by atoms with E-state index in [0.29, 0.717) is 43.1 Å². The third kappa shape index (κ3) is 4.94. The summed E-state index contributed by atoms with van der Waals surface area (Å²) < 4.78 is 18.2. The van der Waals surface area contributed by atoms with E-state index < -0.39 is 11.9 Å². The van der Waals surface area contributed by atoms with Crippen LogP contribution in [0.25, 0.3) is 0 Å². The SMILES string of the molecule is O=C(Nc1ccc(N2CCC(C(=O)O)CC2)nc1)c1nnc(Nc2ccc(F)cc2)o1. The van der Waals surface area contributed by atoms with Crippen LogP contribution in [0.5, 0.6) is 0 Å². The molecule has 1 saturated heterocycles. The van der Waals surface area contributed by atoms with Gasteiger partial charge in [-0.25, -0.2) is 9.37 Å². The molecule has 3 N–H and O–H groups in total. The minimum Gasteiger partial charge on any atom is -0.481 e. The van der Waals surface area contributed by atoms with Crippen LogP contribution >= 0.6 is 0 Å². The van der Waals surface area contributed by atoms with Gasteiger partial charge in [0, 0.05) is 18.8 Å². The number of hydrogen-bond donors (Lipinski definition) is 3.